The van der Waals surface area contributed by atoms with Gasteiger partial charge in [0.1, 0.15) is 34.5 Å². The van der Waals surface area contributed by atoms with E-state index in [0.29, 0.717) is 69.3 Å². The van der Waals surface area contributed by atoms with Crippen LogP contribution in [0.15, 0.2) is 150 Å². The summed E-state index contributed by atoms with van der Waals surface area (Å²) in [5, 5.41) is 0. The zero-order valence-corrected chi connectivity index (χ0v) is 37.1. The molecule has 1 aliphatic rings. The van der Waals surface area contributed by atoms with Gasteiger partial charge in [0.05, 0.1) is 0 Å². The first-order valence-electron chi connectivity index (χ1n) is 19.6. The topological polar surface area (TPSA) is 152 Å². The average Bonchev–Trinajstić information content (AvgIpc) is 3.23. The van der Waals surface area contributed by atoms with Crippen LogP contribution in [0.2, 0.25) is 0 Å². The highest BCUT2D eigenvalue weighted by molar-refractivity contribution is 7.78. The van der Waals surface area contributed by atoms with Crippen molar-refractivity contribution >= 4 is 41.6 Å². The highest BCUT2D eigenvalue weighted by atomic mass is 31.3. The maximum Gasteiger partial charge on any atom is 0.447 e. The summed E-state index contributed by atoms with van der Waals surface area (Å²) in [7, 11) is -8.40. The van der Waals surface area contributed by atoms with Gasteiger partial charge >= 0.3 is 24.6 Å². The minimum Gasteiger partial charge on any atom is -0.440 e. The van der Waals surface area contributed by atoms with Gasteiger partial charge in [0, 0.05) is 26.3 Å². The second kappa shape index (κ2) is 18.8. The number of rotatable bonds is 15. The first-order chi connectivity index (χ1) is 28.8. The van der Waals surface area contributed by atoms with E-state index in [4.69, 9.17) is 49.5 Å². The molecule has 6 N–H and O–H groups in total. The van der Waals surface area contributed by atoms with E-state index in [1.807, 2.05) is 72.8 Å². The lowest BCUT2D eigenvalue weighted by molar-refractivity contribution is 0.0545. The van der Waals surface area contributed by atoms with Crippen molar-refractivity contribution in [2.75, 3.05) is 17.2 Å². The molecule has 0 aliphatic carbocycles. The van der Waals surface area contributed by atoms with E-state index in [2.05, 4.69) is 41.5 Å². The summed E-state index contributed by atoms with van der Waals surface area (Å²) < 4.78 is 36.7. The Morgan fingerprint density at radius 1 is 0.433 bits per heavy atom. The van der Waals surface area contributed by atoms with Crippen LogP contribution in [0.4, 0.5) is 17.1 Å². The van der Waals surface area contributed by atoms with Gasteiger partial charge in [-0.25, -0.2) is 0 Å². The summed E-state index contributed by atoms with van der Waals surface area (Å²) in [5.74, 6) is 3.77. The smallest absolute Gasteiger partial charge is 0.440 e. The van der Waals surface area contributed by atoms with Crippen LogP contribution in [0.25, 0.3) is 0 Å². The second-order valence-corrected chi connectivity index (χ2v) is 20.5. The molecule has 1 aliphatic heterocycles. The van der Waals surface area contributed by atoms with Crippen molar-refractivity contribution in [1.82, 2.24) is 9.21 Å². The van der Waals surface area contributed by atoms with Gasteiger partial charge in [0.2, 0.25) is 0 Å². The van der Waals surface area contributed by atoms with Crippen molar-refractivity contribution in [3.05, 3.63) is 162 Å². The Labute approximate surface area is 355 Å². The van der Waals surface area contributed by atoms with E-state index >= 15 is 0 Å². The second-order valence-electron chi connectivity index (χ2n) is 15.0. The number of nitrogens with two attached hydrogens (primary N) is 3. The molecule has 12 nitrogen and oxygen atoms in total. The van der Waals surface area contributed by atoms with Gasteiger partial charge in [-0.1, -0.05) is 77.9 Å². The number of hydrogen-bond acceptors (Lipinski definition) is 12. The van der Waals surface area contributed by atoms with Crippen molar-refractivity contribution in [3.63, 3.8) is 0 Å². The maximum atomic E-state index is 7.15. The van der Waals surface area contributed by atoms with E-state index in [1.54, 1.807) is 82.0 Å². The third kappa shape index (κ3) is 10.5. The largest absolute Gasteiger partial charge is 0.447 e. The zero-order valence-electron chi connectivity index (χ0n) is 34.5. The van der Waals surface area contributed by atoms with Crippen LogP contribution in [0, 0.1) is 0 Å². The molecule has 0 radical (unpaired) electrons. The molecule has 0 fully saturated rings. The van der Waals surface area contributed by atoms with Crippen LogP contribution >= 0.6 is 24.6 Å². The first kappa shape index (κ1) is 42.6. The standard InChI is InChI=1S/C45H51N6O6P3/c1-31(2)34-7-19-41(20-8-34)53-51-59(55-43-29-17-39(48)18-30-43)50(52-40-25-13-37(46)14-26-40)58(54-42-27-15-38(47)16-28-42)49-60(51,56-44-21-9-35(10-22-44)32(3)4)57-45-23-11-36(12-24-45)33(5)6/h7-33H,46-48H2,1-6H3. The Hall–Kier alpha value is -5.47. The summed E-state index contributed by atoms with van der Waals surface area (Å²) in [6.45, 7) is 12.9. The van der Waals surface area contributed by atoms with Gasteiger partial charge < -0.3 is 45.0 Å². The number of nitrogens with zero attached hydrogens (tertiary/aromatic N) is 3. The minimum atomic E-state index is -3.92. The predicted octanol–water partition coefficient (Wildman–Crippen LogP) is 13.4. The molecular weight excluding hydrogens is 813 g/mol. The Kier molecular flexibility index (Phi) is 13.4. The number of anilines is 3. The van der Waals surface area contributed by atoms with Crippen LogP contribution in [0.3, 0.4) is 0 Å². The molecule has 0 saturated carbocycles. The zero-order chi connectivity index (χ0) is 42.4. The lowest BCUT2D eigenvalue weighted by Crippen LogP contribution is -2.37. The molecule has 312 valence electrons. The van der Waals surface area contributed by atoms with E-state index in [1.165, 1.54) is 0 Å². The van der Waals surface area contributed by atoms with Crippen molar-refractivity contribution in [2.45, 2.75) is 59.3 Å². The van der Waals surface area contributed by atoms with Crippen molar-refractivity contribution < 1.29 is 27.8 Å². The molecule has 60 heavy (non-hydrogen) atoms. The summed E-state index contributed by atoms with van der Waals surface area (Å²) in [4.78, 5) is 13.8. The molecule has 0 bridgehead atoms. The summed E-state index contributed by atoms with van der Waals surface area (Å²) in [6.07, 6.45) is 0. The molecule has 0 spiro atoms. The molecule has 7 rings (SSSR count). The van der Waals surface area contributed by atoms with Crippen molar-refractivity contribution in [1.29, 1.82) is 0 Å². The minimum absolute atomic E-state index is 0.299. The van der Waals surface area contributed by atoms with Crippen LogP contribution < -0.4 is 45.0 Å². The summed E-state index contributed by atoms with van der Waals surface area (Å²) in [6, 6.07) is 44.8. The van der Waals surface area contributed by atoms with E-state index in [9.17, 15) is 0 Å². The molecule has 15 heteroatoms. The quantitative estimate of drug-likeness (QED) is 0.0668. The van der Waals surface area contributed by atoms with Gasteiger partial charge in [0.25, 0.3) is 0 Å². The molecule has 2 atom stereocenters. The SMILES string of the molecule is CC(C)c1ccc(ON2P(Oc3ccc(N)cc3)N(Oc3ccc(N)cc3)P(Oc3ccc(N)cc3)N=P2(Oc2ccc(C(C)C)cc2)Oc2ccc(C(C)C)cc2)cc1. The average molecular weight is 865 g/mol. The molecule has 1 heterocycles. The summed E-state index contributed by atoms with van der Waals surface area (Å²) >= 11 is 0. The molecule has 0 aromatic heterocycles. The Morgan fingerprint density at radius 2 is 0.767 bits per heavy atom. The molecule has 2 unspecified atom stereocenters. The maximum absolute atomic E-state index is 7.15. The predicted molar refractivity (Wildman–Crippen MR) is 245 cm³/mol. The fraction of sp³-hybridized carbons (Fsp3) is 0.200. The number of hydrogen-bond donors (Lipinski definition) is 3. The van der Waals surface area contributed by atoms with Crippen molar-refractivity contribution in [2.24, 2.45) is 4.52 Å². The number of nitrogen functional groups attached to an aromatic ring is 3. The Morgan fingerprint density at radius 3 is 1.17 bits per heavy atom. The van der Waals surface area contributed by atoms with E-state index < -0.39 is 24.6 Å². The fourth-order valence-corrected chi connectivity index (χ4v) is 13.3. The third-order valence-corrected chi connectivity index (χ3v) is 16.2. The van der Waals surface area contributed by atoms with Crippen LogP contribution in [0.5, 0.6) is 34.5 Å². The lowest BCUT2D eigenvalue weighted by Gasteiger charge is -2.43. The highest BCUT2D eigenvalue weighted by Crippen LogP contribution is 2.77. The van der Waals surface area contributed by atoms with Crippen LogP contribution in [-0.2, 0) is 0 Å². The Bertz CT molecular complexity index is 2310. The van der Waals surface area contributed by atoms with Gasteiger partial charge in [-0.3, -0.25) is 0 Å². The highest BCUT2D eigenvalue weighted by Gasteiger charge is 2.58. The molecule has 6 aromatic rings. The monoisotopic (exact) mass is 864 g/mol. The fourth-order valence-electron chi connectivity index (χ4n) is 5.78. The number of benzene rings is 6. The van der Waals surface area contributed by atoms with E-state index in [0.717, 1.165) is 16.7 Å². The normalized spacial score (nSPS) is 16.6. The van der Waals surface area contributed by atoms with Gasteiger partial charge in [0.15, 0.2) is 0 Å². The van der Waals surface area contributed by atoms with Gasteiger partial charge in [-0.2, -0.15) is 0 Å². The van der Waals surface area contributed by atoms with Crippen LogP contribution in [-0.4, -0.2) is 9.21 Å². The van der Waals surface area contributed by atoms with Crippen molar-refractivity contribution in [3.8, 4) is 34.5 Å². The third-order valence-electron chi connectivity index (χ3n) is 9.32. The van der Waals surface area contributed by atoms with E-state index in [-0.39, 0.29) is 0 Å². The van der Waals surface area contributed by atoms with Gasteiger partial charge in [-0.15, -0.1) is 4.52 Å². The van der Waals surface area contributed by atoms with Gasteiger partial charge in [-0.05, 0) is 144 Å². The molecule has 0 amide bonds. The van der Waals surface area contributed by atoms with Crippen LogP contribution in [0.1, 0.15) is 76.0 Å². The lowest BCUT2D eigenvalue weighted by atomic mass is 10.0. The molecule has 6 aromatic carbocycles. The molecule has 0 saturated heterocycles. The summed E-state index contributed by atoms with van der Waals surface area (Å²) in [5.41, 5.74) is 23.5. The first-order valence-corrected chi connectivity index (χ1v) is 23.5. The Balaban J connectivity index is 1.49. The molecular formula is C45H51N6O6P3.